The van der Waals surface area contributed by atoms with E-state index in [-0.39, 0.29) is 24.2 Å². The molecule has 222 valence electrons. The molecule has 1 aliphatic heterocycles. The minimum atomic E-state index is -1.08. The van der Waals surface area contributed by atoms with Gasteiger partial charge in [-0.1, -0.05) is 69.8 Å². The van der Waals surface area contributed by atoms with Gasteiger partial charge in [0.15, 0.2) is 0 Å². The van der Waals surface area contributed by atoms with Gasteiger partial charge in [0.2, 0.25) is 0 Å². The Morgan fingerprint density at radius 1 is 1.10 bits per heavy atom. The number of benzene rings is 2. The van der Waals surface area contributed by atoms with Crippen molar-refractivity contribution in [3.63, 3.8) is 0 Å². The Kier molecular flexibility index (Phi) is 8.94. The predicted octanol–water partition coefficient (Wildman–Crippen LogP) is 8.94. The largest absolute Gasteiger partial charge is 0.375 e. The summed E-state index contributed by atoms with van der Waals surface area (Å²) in [5.41, 5.74) is 6.47. The maximum Gasteiger partial charge on any atom is 0.123 e. The Hall–Kier alpha value is -2.66. The van der Waals surface area contributed by atoms with E-state index >= 15 is 4.39 Å². The van der Waals surface area contributed by atoms with Gasteiger partial charge < -0.3 is 9.88 Å². The second-order valence-electron chi connectivity index (χ2n) is 13.9. The molecule has 1 aliphatic carbocycles. The Morgan fingerprint density at radius 3 is 2.56 bits per heavy atom. The number of allylic oxidation sites excluding steroid dienone is 1. The van der Waals surface area contributed by atoms with Crippen molar-refractivity contribution in [1.82, 2.24) is 14.8 Å². The van der Waals surface area contributed by atoms with Crippen LogP contribution in [0.3, 0.4) is 0 Å². The summed E-state index contributed by atoms with van der Waals surface area (Å²) in [4.78, 5) is 8.46. The first kappa shape index (κ1) is 29.8. The van der Waals surface area contributed by atoms with Crippen molar-refractivity contribution in [1.29, 1.82) is 0 Å². The molecule has 2 heterocycles. The zero-order valence-corrected chi connectivity index (χ0v) is 25.6. The minimum Gasteiger partial charge on any atom is -0.375 e. The van der Waals surface area contributed by atoms with Gasteiger partial charge in [-0.15, -0.1) is 0 Å². The quantitative estimate of drug-likeness (QED) is 0.238. The molecule has 0 amide bonds. The molecule has 1 N–H and O–H groups in total. The number of aromatic nitrogens is 1. The molecule has 0 bridgehead atoms. The number of nitrogens with one attached hydrogen (secondary N) is 1. The predicted molar refractivity (Wildman–Crippen MR) is 168 cm³/mol. The summed E-state index contributed by atoms with van der Waals surface area (Å²) in [7, 11) is 0. The molecule has 0 radical (unpaired) electrons. The molecular weight excluding hydrogens is 512 g/mol. The van der Waals surface area contributed by atoms with E-state index in [4.69, 9.17) is 0 Å². The number of halogens is 2. The van der Waals surface area contributed by atoms with Crippen molar-refractivity contribution in [3.05, 3.63) is 83.2 Å². The highest BCUT2D eigenvalue weighted by molar-refractivity contribution is 5.85. The number of fused-ring (bicyclic) bond motifs is 3. The zero-order chi connectivity index (χ0) is 29.2. The first-order valence-corrected chi connectivity index (χ1v) is 15.7. The molecule has 0 spiro atoms. The topological polar surface area (TPSA) is 22.3 Å². The summed E-state index contributed by atoms with van der Waals surface area (Å²) in [6, 6.07) is 17.8. The number of alkyl halides is 2. The molecule has 2 aromatic carbocycles. The molecule has 5 heteroatoms. The van der Waals surface area contributed by atoms with Crippen LogP contribution in [-0.4, -0.2) is 52.8 Å². The van der Waals surface area contributed by atoms with Crippen LogP contribution < -0.4 is 0 Å². The Balaban J connectivity index is 1.38. The van der Waals surface area contributed by atoms with Crippen LogP contribution in [0.1, 0.15) is 94.6 Å². The lowest BCUT2D eigenvalue weighted by atomic mass is 9.79. The highest BCUT2D eigenvalue weighted by atomic mass is 19.1. The number of aryl methyl sites for hydroxylation is 1. The summed E-state index contributed by atoms with van der Waals surface area (Å²) in [6.45, 7) is 15.1. The number of rotatable bonds is 12. The standard InChI is InChI=1S/C36H49F2N3/c1-26-22-31-30-15-6-7-16-32(30)39-33(31)34(41(26)25-36(38)17-10-18-36)29-14-8-12-28(23-29)13-9-20-40(21-11-19-37)27(2)24-35(3,4)5/h6-8,12,14-16,23,26,34,39H,2,9-11,13,17-22,24-25H2,1,3-5H3/t26-,34?/m1/s1. The van der Waals surface area contributed by atoms with Crippen molar-refractivity contribution < 1.29 is 8.78 Å². The van der Waals surface area contributed by atoms with Crippen molar-refractivity contribution in [2.24, 2.45) is 5.41 Å². The summed E-state index contributed by atoms with van der Waals surface area (Å²) < 4.78 is 28.7. The summed E-state index contributed by atoms with van der Waals surface area (Å²) >= 11 is 0. The number of para-hydroxylation sites is 1. The van der Waals surface area contributed by atoms with Crippen LogP contribution in [0.15, 0.2) is 60.8 Å². The number of hydrogen-bond acceptors (Lipinski definition) is 2. The fraction of sp³-hybridized carbons (Fsp3) is 0.556. The molecule has 2 atom stereocenters. The lowest BCUT2D eigenvalue weighted by Gasteiger charge is -2.46. The molecule has 41 heavy (non-hydrogen) atoms. The Labute approximate surface area is 246 Å². The monoisotopic (exact) mass is 561 g/mol. The van der Waals surface area contributed by atoms with Gasteiger partial charge in [0.05, 0.1) is 12.7 Å². The van der Waals surface area contributed by atoms with Gasteiger partial charge in [-0.25, -0.2) is 4.39 Å². The first-order valence-electron chi connectivity index (χ1n) is 15.7. The summed E-state index contributed by atoms with van der Waals surface area (Å²) in [6.07, 6.45) is 6.63. The number of H-pyrrole nitrogens is 1. The lowest BCUT2D eigenvalue weighted by Crippen LogP contribution is -2.51. The van der Waals surface area contributed by atoms with Crippen molar-refractivity contribution in [3.8, 4) is 0 Å². The van der Waals surface area contributed by atoms with Crippen molar-refractivity contribution in [2.75, 3.05) is 26.3 Å². The van der Waals surface area contributed by atoms with E-state index in [1.807, 2.05) is 0 Å². The number of aromatic amines is 1. The average molecular weight is 562 g/mol. The van der Waals surface area contributed by atoms with Crippen LogP contribution in [0.2, 0.25) is 0 Å². The van der Waals surface area contributed by atoms with Gasteiger partial charge in [0.1, 0.15) is 5.67 Å². The molecule has 0 saturated heterocycles. The third kappa shape index (κ3) is 6.88. The van der Waals surface area contributed by atoms with Gasteiger partial charge in [0.25, 0.3) is 0 Å². The summed E-state index contributed by atoms with van der Waals surface area (Å²) in [5, 5.41) is 1.29. The van der Waals surface area contributed by atoms with Gasteiger partial charge in [-0.2, -0.15) is 0 Å². The SMILES string of the molecule is C=C(CC(C)(C)C)N(CCCF)CCCc1cccc(C2c3[nH]c4ccccc4c3C[C@@H](C)N2CC2(F)CCC2)c1. The third-order valence-corrected chi connectivity index (χ3v) is 9.14. The molecule has 2 aliphatic rings. The second-order valence-corrected chi connectivity index (χ2v) is 13.9. The van der Waals surface area contributed by atoms with Crippen LogP contribution >= 0.6 is 0 Å². The van der Waals surface area contributed by atoms with Crippen LogP contribution in [0.25, 0.3) is 10.9 Å². The zero-order valence-electron chi connectivity index (χ0n) is 25.6. The average Bonchev–Trinajstić information content (AvgIpc) is 3.27. The smallest absolute Gasteiger partial charge is 0.123 e. The van der Waals surface area contributed by atoms with Gasteiger partial charge in [0, 0.05) is 48.0 Å². The van der Waals surface area contributed by atoms with E-state index in [9.17, 15) is 4.39 Å². The van der Waals surface area contributed by atoms with Crippen molar-refractivity contribution >= 4 is 10.9 Å². The van der Waals surface area contributed by atoms with E-state index in [0.29, 0.717) is 32.4 Å². The summed E-state index contributed by atoms with van der Waals surface area (Å²) in [5.74, 6) is 0. The molecule has 1 saturated carbocycles. The highest BCUT2D eigenvalue weighted by Gasteiger charge is 2.44. The normalized spacial score (nSPS) is 20.5. The fourth-order valence-corrected chi connectivity index (χ4v) is 6.95. The van der Waals surface area contributed by atoms with E-state index in [1.54, 1.807) is 0 Å². The number of nitrogens with zero attached hydrogens (tertiary/aromatic N) is 2. The highest BCUT2D eigenvalue weighted by Crippen LogP contribution is 2.45. The van der Waals surface area contributed by atoms with E-state index in [0.717, 1.165) is 49.9 Å². The van der Waals surface area contributed by atoms with Crippen LogP contribution in [0.4, 0.5) is 8.78 Å². The molecule has 3 aromatic rings. The molecule has 1 fully saturated rings. The van der Waals surface area contributed by atoms with Gasteiger partial charge >= 0.3 is 0 Å². The van der Waals surface area contributed by atoms with Crippen LogP contribution in [-0.2, 0) is 12.8 Å². The molecule has 3 nitrogen and oxygen atoms in total. The Morgan fingerprint density at radius 2 is 1.85 bits per heavy atom. The number of hydrogen-bond donors (Lipinski definition) is 1. The second kappa shape index (κ2) is 12.3. The molecular formula is C36H49F2N3. The third-order valence-electron chi connectivity index (χ3n) is 9.14. The van der Waals surface area contributed by atoms with Crippen molar-refractivity contribution in [2.45, 2.75) is 96.8 Å². The maximum atomic E-state index is 15.6. The molecule has 1 unspecified atom stereocenters. The van der Waals surface area contributed by atoms with E-state index in [2.05, 4.69) is 97.6 Å². The maximum absolute atomic E-state index is 15.6. The first-order chi connectivity index (χ1) is 19.6. The van der Waals surface area contributed by atoms with E-state index < -0.39 is 5.67 Å². The molecule has 1 aromatic heterocycles. The van der Waals surface area contributed by atoms with E-state index in [1.165, 1.54) is 27.8 Å². The Bertz CT molecular complexity index is 1330. The lowest BCUT2D eigenvalue weighted by molar-refractivity contribution is -0.00708. The molecule has 5 rings (SSSR count). The van der Waals surface area contributed by atoms with Gasteiger partial charge in [-0.05, 0) is 86.5 Å². The van der Waals surface area contributed by atoms with Crippen LogP contribution in [0, 0.1) is 5.41 Å². The minimum absolute atomic E-state index is 0.00180. The fourth-order valence-electron chi connectivity index (χ4n) is 6.95. The van der Waals surface area contributed by atoms with Crippen LogP contribution in [0.5, 0.6) is 0 Å². The van der Waals surface area contributed by atoms with Gasteiger partial charge in [-0.3, -0.25) is 9.29 Å².